The lowest BCUT2D eigenvalue weighted by molar-refractivity contribution is -0.131. The number of carboxylic acid groups (broad SMARTS) is 1. The van der Waals surface area contributed by atoms with E-state index in [1.807, 2.05) is 0 Å². The van der Waals surface area contributed by atoms with Gasteiger partial charge in [0.2, 0.25) is 0 Å². The monoisotopic (exact) mass is 176 g/mol. The molecule has 0 unspecified atom stereocenters. The third-order valence-electron chi connectivity index (χ3n) is 0.888. The number of carboxylic acids is 1. The molecular weight excluding hydrogens is 168 g/mol. The van der Waals surface area contributed by atoms with Crippen molar-refractivity contribution in [1.29, 1.82) is 0 Å². The van der Waals surface area contributed by atoms with Gasteiger partial charge < -0.3 is 5.11 Å². The van der Waals surface area contributed by atoms with E-state index in [9.17, 15) is 13.2 Å². The van der Waals surface area contributed by atoms with Gasteiger partial charge >= 0.3 is 5.97 Å². The van der Waals surface area contributed by atoms with Gasteiger partial charge in [0, 0.05) is 12.3 Å². The zero-order valence-corrected chi connectivity index (χ0v) is 6.76. The highest BCUT2D eigenvalue weighted by molar-refractivity contribution is 7.94. The van der Waals surface area contributed by atoms with Crippen LogP contribution in [0.4, 0.5) is 0 Å². The van der Waals surface area contributed by atoms with E-state index < -0.39 is 15.8 Å². The maximum absolute atomic E-state index is 10.6. The summed E-state index contributed by atoms with van der Waals surface area (Å²) < 4.78 is 21.2. The Kier molecular flexibility index (Phi) is 3.00. The molecule has 11 heavy (non-hydrogen) atoms. The topological polar surface area (TPSA) is 71.4 Å². The molecule has 0 fully saturated rings. The van der Waals surface area contributed by atoms with Gasteiger partial charge in [0.1, 0.15) is 0 Å². The van der Waals surface area contributed by atoms with E-state index in [4.69, 9.17) is 5.11 Å². The molecule has 0 aliphatic carbocycles. The van der Waals surface area contributed by atoms with Crippen molar-refractivity contribution in [2.45, 2.75) is 0 Å². The standard InChI is InChI=1S/C6H8O4S/c1-5(11(2,9)10)3-4-6(7)8/h3-4H,1H2,2H3,(H,7,8). The molecule has 0 aromatic heterocycles. The predicted molar refractivity (Wildman–Crippen MR) is 40.8 cm³/mol. The minimum absolute atomic E-state index is 0.208. The predicted octanol–water partition coefficient (Wildman–Crippen LogP) is 0.186. The average molecular weight is 176 g/mol. The highest BCUT2D eigenvalue weighted by Crippen LogP contribution is 2.01. The van der Waals surface area contributed by atoms with Crippen molar-refractivity contribution in [2.75, 3.05) is 6.26 Å². The Morgan fingerprint density at radius 2 is 1.91 bits per heavy atom. The Bertz CT molecular complexity index is 297. The van der Waals surface area contributed by atoms with E-state index >= 15 is 0 Å². The maximum Gasteiger partial charge on any atom is 0.328 e. The molecule has 62 valence electrons. The number of hydrogen-bond donors (Lipinski definition) is 1. The fraction of sp³-hybridized carbons (Fsp3) is 0.167. The molecule has 0 saturated carbocycles. The summed E-state index contributed by atoms with van der Waals surface area (Å²) >= 11 is 0. The van der Waals surface area contributed by atoms with Gasteiger partial charge in [-0.25, -0.2) is 13.2 Å². The summed E-state index contributed by atoms with van der Waals surface area (Å²) in [5.74, 6) is -1.20. The molecule has 0 saturated heterocycles. The van der Waals surface area contributed by atoms with Crippen molar-refractivity contribution in [3.63, 3.8) is 0 Å². The number of sulfone groups is 1. The summed E-state index contributed by atoms with van der Waals surface area (Å²) in [7, 11) is -3.34. The molecule has 0 aromatic carbocycles. The van der Waals surface area contributed by atoms with Crippen LogP contribution in [0.15, 0.2) is 23.6 Å². The zero-order chi connectivity index (χ0) is 9.07. The smallest absolute Gasteiger partial charge is 0.328 e. The van der Waals surface area contributed by atoms with Gasteiger partial charge in [-0.05, 0) is 6.08 Å². The molecule has 0 amide bonds. The first kappa shape index (κ1) is 9.90. The molecule has 0 aliphatic rings. The quantitative estimate of drug-likeness (QED) is 0.492. The van der Waals surface area contributed by atoms with Crippen molar-refractivity contribution in [3.05, 3.63) is 23.6 Å². The third kappa shape index (κ3) is 4.32. The number of aliphatic carboxylic acids is 1. The first-order chi connectivity index (χ1) is 4.84. The van der Waals surface area contributed by atoms with E-state index in [-0.39, 0.29) is 4.91 Å². The maximum atomic E-state index is 10.6. The van der Waals surface area contributed by atoms with Crippen molar-refractivity contribution >= 4 is 15.8 Å². The number of allylic oxidation sites excluding steroid dienone is 1. The summed E-state index contributed by atoms with van der Waals surface area (Å²) in [5, 5.41) is 8.11. The molecule has 0 heterocycles. The summed E-state index contributed by atoms with van der Waals surface area (Å²) in [6.45, 7) is 3.16. The molecule has 0 aromatic rings. The molecule has 5 heteroatoms. The van der Waals surface area contributed by atoms with Gasteiger partial charge in [0.05, 0.1) is 4.91 Å². The van der Waals surface area contributed by atoms with E-state index in [2.05, 4.69) is 6.58 Å². The van der Waals surface area contributed by atoms with Crippen LogP contribution in [0, 0.1) is 0 Å². The van der Waals surface area contributed by atoms with Crippen molar-refractivity contribution in [1.82, 2.24) is 0 Å². The Morgan fingerprint density at radius 1 is 1.45 bits per heavy atom. The largest absolute Gasteiger partial charge is 0.478 e. The van der Waals surface area contributed by atoms with E-state index in [0.717, 1.165) is 18.4 Å². The van der Waals surface area contributed by atoms with Gasteiger partial charge in [-0.2, -0.15) is 0 Å². The molecule has 0 rings (SSSR count). The second-order valence-electron chi connectivity index (χ2n) is 1.91. The van der Waals surface area contributed by atoms with Crippen LogP contribution in [0.3, 0.4) is 0 Å². The summed E-state index contributed by atoms with van der Waals surface area (Å²) in [5.41, 5.74) is 0. The lowest BCUT2D eigenvalue weighted by Crippen LogP contribution is -1.97. The minimum atomic E-state index is -3.34. The first-order valence-corrected chi connectivity index (χ1v) is 4.53. The summed E-state index contributed by atoms with van der Waals surface area (Å²) in [6, 6.07) is 0. The number of carbonyl (C=O) groups is 1. The molecule has 0 atom stereocenters. The fourth-order valence-electron chi connectivity index (χ4n) is 0.288. The first-order valence-electron chi connectivity index (χ1n) is 2.64. The van der Waals surface area contributed by atoms with Gasteiger partial charge in [-0.1, -0.05) is 6.58 Å². The Hall–Kier alpha value is -1.10. The molecule has 0 spiro atoms. The Morgan fingerprint density at radius 3 is 2.18 bits per heavy atom. The molecule has 0 bridgehead atoms. The molecule has 0 aliphatic heterocycles. The summed E-state index contributed by atoms with van der Waals surface area (Å²) in [4.78, 5) is 9.70. The third-order valence-corrected chi connectivity index (χ3v) is 1.98. The number of hydrogen-bond acceptors (Lipinski definition) is 3. The Balaban J connectivity index is 4.46. The second kappa shape index (κ2) is 3.34. The normalized spacial score (nSPS) is 11.7. The van der Waals surface area contributed by atoms with Crippen LogP contribution in [0.1, 0.15) is 0 Å². The van der Waals surface area contributed by atoms with Crippen LogP contribution in [0.2, 0.25) is 0 Å². The molecule has 1 N–H and O–H groups in total. The lowest BCUT2D eigenvalue weighted by atomic mass is 10.5. The van der Waals surface area contributed by atoms with Crippen molar-refractivity contribution < 1.29 is 18.3 Å². The minimum Gasteiger partial charge on any atom is -0.478 e. The van der Waals surface area contributed by atoms with Gasteiger partial charge in [0.15, 0.2) is 9.84 Å². The van der Waals surface area contributed by atoms with Crippen LogP contribution in [-0.4, -0.2) is 25.7 Å². The zero-order valence-electron chi connectivity index (χ0n) is 5.94. The van der Waals surface area contributed by atoms with E-state index in [1.54, 1.807) is 0 Å². The molecule has 4 nitrogen and oxygen atoms in total. The van der Waals surface area contributed by atoms with Gasteiger partial charge in [-0.15, -0.1) is 0 Å². The SMILES string of the molecule is C=C(C=CC(=O)O)S(C)(=O)=O. The number of rotatable bonds is 3. The van der Waals surface area contributed by atoms with Crippen LogP contribution in [0.5, 0.6) is 0 Å². The lowest BCUT2D eigenvalue weighted by Gasteiger charge is -1.92. The average Bonchev–Trinajstić information content (AvgIpc) is 1.80. The molecular formula is C6H8O4S. The van der Waals surface area contributed by atoms with Crippen molar-refractivity contribution in [2.24, 2.45) is 0 Å². The van der Waals surface area contributed by atoms with E-state index in [1.165, 1.54) is 0 Å². The highest BCUT2D eigenvalue weighted by atomic mass is 32.2. The molecule has 0 radical (unpaired) electrons. The second-order valence-corrected chi connectivity index (χ2v) is 3.98. The van der Waals surface area contributed by atoms with Crippen LogP contribution in [-0.2, 0) is 14.6 Å². The van der Waals surface area contributed by atoms with Gasteiger partial charge in [0.25, 0.3) is 0 Å². The fourth-order valence-corrected chi connectivity index (χ4v) is 0.603. The van der Waals surface area contributed by atoms with Crippen molar-refractivity contribution in [3.8, 4) is 0 Å². The van der Waals surface area contributed by atoms with E-state index in [0.29, 0.717) is 0 Å². The van der Waals surface area contributed by atoms with Crippen LogP contribution in [0.25, 0.3) is 0 Å². The van der Waals surface area contributed by atoms with Crippen LogP contribution >= 0.6 is 0 Å². The van der Waals surface area contributed by atoms with Crippen LogP contribution < -0.4 is 0 Å². The highest BCUT2D eigenvalue weighted by Gasteiger charge is 2.03. The Labute approximate surface area is 64.8 Å². The van der Waals surface area contributed by atoms with Gasteiger partial charge in [-0.3, -0.25) is 0 Å². The summed E-state index contributed by atoms with van der Waals surface area (Å²) in [6.07, 6.45) is 2.63.